The van der Waals surface area contributed by atoms with Gasteiger partial charge in [-0.05, 0) is 38.3 Å². The summed E-state index contributed by atoms with van der Waals surface area (Å²) in [5, 5.41) is 3.24. The fraction of sp³-hybridized carbons (Fsp3) is 0.632. The normalized spacial score (nSPS) is 23.6. The Morgan fingerprint density at radius 1 is 1.13 bits per heavy atom. The second-order valence-electron chi connectivity index (χ2n) is 7.01. The van der Waals surface area contributed by atoms with E-state index >= 15 is 0 Å². The van der Waals surface area contributed by atoms with Crippen molar-refractivity contribution in [2.45, 2.75) is 57.5 Å². The highest BCUT2D eigenvalue weighted by molar-refractivity contribution is 5.79. The van der Waals surface area contributed by atoms with Gasteiger partial charge in [-0.15, -0.1) is 0 Å². The molecule has 0 radical (unpaired) electrons. The molecule has 126 valence electrons. The molecule has 1 amide bonds. The lowest BCUT2D eigenvalue weighted by Gasteiger charge is -2.34. The summed E-state index contributed by atoms with van der Waals surface area (Å²) in [7, 11) is 0. The number of nitrogens with one attached hydrogen (secondary N) is 1. The van der Waals surface area contributed by atoms with E-state index in [1.165, 1.54) is 25.3 Å². The molecule has 0 bridgehead atoms. The predicted octanol–water partition coefficient (Wildman–Crippen LogP) is 3.49. The molecule has 1 atom stereocenters. The zero-order valence-corrected chi connectivity index (χ0v) is 13.8. The summed E-state index contributed by atoms with van der Waals surface area (Å²) < 4.78 is 13.8. The highest BCUT2D eigenvalue weighted by atomic mass is 19.1. The van der Waals surface area contributed by atoms with Gasteiger partial charge in [0.1, 0.15) is 5.82 Å². The molecule has 1 aliphatic carbocycles. The van der Waals surface area contributed by atoms with Crippen LogP contribution in [0.15, 0.2) is 24.3 Å². The van der Waals surface area contributed by atoms with Gasteiger partial charge in [0, 0.05) is 30.6 Å². The molecule has 4 heteroatoms. The molecule has 23 heavy (non-hydrogen) atoms. The van der Waals surface area contributed by atoms with Crippen LogP contribution in [0.1, 0.15) is 50.5 Å². The summed E-state index contributed by atoms with van der Waals surface area (Å²) in [6.45, 7) is 2.43. The van der Waals surface area contributed by atoms with E-state index in [0.29, 0.717) is 6.54 Å². The first kappa shape index (κ1) is 16.4. The van der Waals surface area contributed by atoms with Crippen molar-refractivity contribution in [1.29, 1.82) is 0 Å². The van der Waals surface area contributed by atoms with E-state index in [1.54, 1.807) is 6.07 Å². The van der Waals surface area contributed by atoms with Crippen LogP contribution in [0.4, 0.5) is 4.39 Å². The van der Waals surface area contributed by atoms with Gasteiger partial charge >= 0.3 is 0 Å². The van der Waals surface area contributed by atoms with E-state index in [-0.39, 0.29) is 23.7 Å². The first-order valence-corrected chi connectivity index (χ1v) is 8.98. The SMILES string of the molecule is O=C(NC1CCCN(Cc2ccccc2F)C1)C1CCCCC1. The van der Waals surface area contributed by atoms with Crippen LogP contribution in [0.25, 0.3) is 0 Å². The molecule has 1 aromatic rings. The number of hydrogen-bond donors (Lipinski definition) is 1. The number of hydrogen-bond acceptors (Lipinski definition) is 2. The van der Waals surface area contributed by atoms with Gasteiger partial charge in [0.05, 0.1) is 0 Å². The molecule has 0 aromatic heterocycles. The number of amides is 1. The Hall–Kier alpha value is -1.42. The van der Waals surface area contributed by atoms with Gasteiger partial charge in [0.15, 0.2) is 0 Å². The lowest BCUT2D eigenvalue weighted by atomic mass is 9.88. The minimum Gasteiger partial charge on any atom is -0.352 e. The summed E-state index contributed by atoms with van der Waals surface area (Å²) >= 11 is 0. The van der Waals surface area contributed by atoms with Crippen LogP contribution in [-0.2, 0) is 11.3 Å². The summed E-state index contributed by atoms with van der Waals surface area (Å²) in [5.41, 5.74) is 0.742. The van der Waals surface area contributed by atoms with Crippen molar-refractivity contribution in [3.8, 4) is 0 Å². The molecule has 1 saturated heterocycles. The number of piperidine rings is 1. The smallest absolute Gasteiger partial charge is 0.223 e. The minimum absolute atomic E-state index is 0.138. The van der Waals surface area contributed by atoms with Gasteiger partial charge in [-0.25, -0.2) is 4.39 Å². The number of carbonyl (C=O) groups excluding carboxylic acids is 1. The first-order valence-electron chi connectivity index (χ1n) is 8.98. The largest absolute Gasteiger partial charge is 0.352 e. The van der Waals surface area contributed by atoms with Crippen LogP contribution in [-0.4, -0.2) is 29.9 Å². The van der Waals surface area contributed by atoms with Crippen molar-refractivity contribution in [3.05, 3.63) is 35.6 Å². The molecule has 1 unspecified atom stereocenters. The van der Waals surface area contributed by atoms with Gasteiger partial charge < -0.3 is 5.32 Å². The maximum absolute atomic E-state index is 13.8. The second-order valence-corrected chi connectivity index (χ2v) is 7.01. The van der Waals surface area contributed by atoms with Gasteiger partial charge in [0.2, 0.25) is 5.91 Å². The zero-order valence-electron chi connectivity index (χ0n) is 13.8. The van der Waals surface area contributed by atoms with Crippen LogP contribution in [0, 0.1) is 11.7 Å². The van der Waals surface area contributed by atoms with E-state index in [0.717, 1.165) is 44.3 Å². The van der Waals surface area contributed by atoms with Gasteiger partial charge in [-0.2, -0.15) is 0 Å². The number of nitrogens with zero attached hydrogens (tertiary/aromatic N) is 1. The van der Waals surface area contributed by atoms with Crippen LogP contribution < -0.4 is 5.32 Å². The Labute approximate surface area is 138 Å². The van der Waals surface area contributed by atoms with Crippen molar-refractivity contribution >= 4 is 5.91 Å². The topological polar surface area (TPSA) is 32.3 Å². The van der Waals surface area contributed by atoms with Crippen LogP contribution in [0.5, 0.6) is 0 Å². The van der Waals surface area contributed by atoms with Gasteiger partial charge in [0.25, 0.3) is 0 Å². The highest BCUT2D eigenvalue weighted by Gasteiger charge is 2.26. The number of likely N-dealkylation sites (tertiary alicyclic amines) is 1. The Bertz CT molecular complexity index is 528. The maximum Gasteiger partial charge on any atom is 0.223 e. The molecule has 1 aromatic carbocycles. The molecule has 3 rings (SSSR count). The van der Waals surface area contributed by atoms with Crippen LogP contribution in [0.3, 0.4) is 0 Å². The molecule has 1 heterocycles. The third-order valence-corrected chi connectivity index (χ3v) is 5.18. The maximum atomic E-state index is 13.8. The number of carbonyl (C=O) groups is 1. The van der Waals surface area contributed by atoms with E-state index in [2.05, 4.69) is 10.2 Å². The van der Waals surface area contributed by atoms with Gasteiger partial charge in [-0.3, -0.25) is 9.69 Å². The van der Waals surface area contributed by atoms with Crippen molar-refractivity contribution < 1.29 is 9.18 Å². The number of benzene rings is 1. The summed E-state index contributed by atoms with van der Waals surface area (Å²) in [4.78, 5) is 14.7. The van der Waals surface area contributed by atoms with E-state index in [9.17, 15) is 9.18 Å². The lowest BCUT2D eigenvalue weighted by molar-refractivity contribution is -0.127. The van der Waals surface area contributed by atoms with Crippen LogP contribution in [0.2, 0.25) is 0 Å². The predicted molar refractivity (Wildman–Crippen MR) is 89.4 cm³/mol. The number of rotatable bonds is 4. The molecule has 3 nitrogen and oxygen atoms in total. The average Bonchev–Trinajstić information content (AvgIpc) is 2.58. The lowest BCUT2D eigenvalue weighted by Crippen LogP contribution is -2.49. The molecule has 0 spiro atoms. The number of halogens is 1. The summed E-state index contributed by atoms with van der Waals surface area (Å²) in [5.74, 6) is 0.314. The minimum atomic E-state index is -0.138. The molecular formula is C19H27FN2O. The van der Waals surface area contributed by atoms with E-state index < -0.39 is 0 Å². The average molecular weight is 318 g/mol. The first-order chi connectivity index (χ1) is 11.2. The van der Waals surface area contributed by atoms with Gasteiger partial charge in [-0.1, -0.05) is 37.5 Å². The Morgan fingerprint density at radius 3 is 2.70 bits per heavy atom. The molecule has 2 aliphatic rings. The molecule has 2 fully saturated rings. The third-order valence-electron chi connectivity index (χ3n) is 5.18. The third kappa shape index (κ3) is 4.54. The fourth-order valence-corrected chi connectivity index (χ4v) is 3.87. The van der Waals surface area contributed by atoms with E-state index in [4.69, 9.17) is 0 Å². The summed E-state index contributed by atoms with van der Waals surface area (Å²) in [6, 6.07) is 7.18. The van der Waals surface area contributed by atoms with Crippen LogP contribution >= 0.6 is 0 Å². The van der Waals surface area contributed by atoms with Crippen molar-refractivity contribution in [1.82, 2.24) is 10.2 Å². The summed E-state index contributed by atoms with van der Waals surface area (Å²) in [6.07, 6.45) is 7.80. The Kier molecular flexibility index (Phi) is 5.65. The highest BCUT2D eigenvalue weighted by Crippen LogP contribution is 2.24. The Morgan fingerprint density at radius 2 is 1.91 bits per heavy atom. The Balaban J connectivity index is 1.51. The molecule has 1 aliphatic heterocycles. The zero-order chi connectivity index (χ0) is 16.1. The molecule has 1 saturated carbocycles. The monoisotopic (exact) mass is 318 g/mol. The van der Waals surface area contributed by atoms with Crippen molar-refractivity contribution in [2.75, 3.05) is 13.1 Å². The molecule has 1 N–H and O–H groups in total. The van der Waals surface area contributed by atoms with Crippen molar-refractivity contribution in [2.24, 2.45) is 5.92 Å². The standard InChI is InChI=1S/C19H27FN2O/c20-18-11-5-4-9-16(18)13-22-12-6-10-17(14-22)21-19(23)15-7-2-1-3-8-15/h4-5,9,11,15,17H,1-3,6-8,10,12-14H2,(H,21,23). The fourth-order valence-electron chi connectivity index (χ4n) is 3.87. The second kappa shape index (κ2) is 7.91. The molecular weight excluding hydrogens is 291 g/mol. The van der Waals surface area contributed by atoms with Crippen molar-refractivity contribution in [3.63, 3.8) is 0 Å². The quantitative estimate of drug-likeness (QED) is 0.922. The van der Waals surface area contributed by atoms with E-state index in [1.807, 2.05) is 12.1 Å².